The number of anilines is 1. The van der Waals surface area contributed by atoms with E-state index in [0.717, 1.165) is 17.0 Å². The maximum atomic E-state index is 13.2. The summed E-state index contributed by atoms with van der Waals surface area (Å²) in [4.78, 5) is 0.626. The summed E-state index contributed by atoms with van der Waals surface area (Å²) in [6.07, 6.45) is 0. The van der Waals surface area contributed by atoms with E-state index in [2.05, 4.69) is 4.72 Å². The summed E-state index contributed by atoms with van der Waals surface area (Å²) >= 11 is 7.21. The molecule has 8 heteroatoms. The number of benzene rings is 1. The lowest BCUT2D eigenvalue weighted by molar-refractivity contribution is 0.568. The van der Waals surface area contributed by atoms with E-state index >= 15 is 0 Å². The lowest BCUT2D eigenvalue weighted by atomic mass is 10.3. The molecule has 0 spiro atoms. The minimum atomic E-state index is -3.88. The van der Waals surface area contributed by atoms with Gasteiger partial charge in [0.15, 0.2) is 0 Å². The monoisotopic (exact) mass is 334 g/mol. The van der Waals surface area contributed by atoms with Crippen LogP contribution in [0.25, 0.3) is 0 Å². The second-order valence-corrected chi connectivity index (χ2v) is 7.23. The number of nitrogen functional groups attached to an aromatic ring is 1. The molecule has 0 aliphatic rings. The lowest BCUT2D eigenvalue weighted by Gasteiger charge is -2.14. The van der Waals surface area contributed by atoms with Crippen molar-refractivity contribution in [3.8, 4) is 0 Å². The summed E-state index contributed by atoms with van der Waals surface area (Å²) in [5.41, 5.74) is 5.12. The van der Waals surface area contributed by atoms with Crippen molar-refractivity contribution >= 4 is 38.6 Å². The van der Waals surface area contributed by atoms with E-state index in [0.29, 0.717) is 0 Å². The summed E-state index contributed by atoms with van der Waals surface area (Å²) in [6, 6.07) is 5.14. The molecule has 0 aliphatic heterocycles. The standard InChI is InChI=1S/C12H12ClFN2O2S2/c1-7(11-3-2-4-19-11)16-20(17,18)12-6-10(15)9(14)5-8(12)13/h2-7,16H,15H2,1H3. The molecule has 20 heavy (non-hydrogen) atoms. The maximum Gasteiger partial charge on any atom is 0.242 e. The fourth-order valence-corrected chi connectivity index (χ4v) is 4.22. The molecule has 1 atom stereocenters. The Morgan fingerprint density at radius 1 is 1.45 bits per heavy atom. The Hall–Kier alpha value is -1.15. The van der Waals surface area contributed by atoms with Crippen LogP contribution in [0.2, 0.25) is 5.02 Å². The van der Waals surface area contributed by atoms with E-state index in [1.165, 1.54) is 11.3 Å². The van der Waals surface area contributed by atoms with Crippen molar-refractivity contribution in [3.63, 3.8) is 0 Å². The van der Waals surface area contributed by atoms with Crippen LogP contribution in [-0.2, 0) is 10.0 Å². The van der Waals surface area contributed by atoms with Crippen LogP contribution in [0.5, 0.6) is 0 Å². The second kappa shape index (κ2) is 5.69. The van der Waals surface area contributed by atoms with Gasteiger partial charge in [-0.3, -0.25) is 0 Å². The molecule has 0 amide bonds. The molecule has 4 nitrogen and oxygen atoms in total. The second-order valence-electron chi connectivity index (χ2n) is 4.16. The van der Waals surface area contributed by atoms with Gasteiger partial charge >= 0.3 is 0 Å². The molecular weight excluding hydrogens is 323 g/mol. The van der Waals surface area contributed by atoms with Crippen LogP contribution in [0.3, 0.4) is 0 Å². The number of rotatable bonds is 4. The predicted octanol–water partition coefficient (Wildman–Crippen LogP) is 3.16. The zero-order valence-electron chi connectivity index (χ0n) is 10.4. The molecule has 0 fully saturated rings. The normalized spacial score (nSPS) is 13.3. The van der Waals surface area contributed by atoms with Gasteiger partial charge in [-0.2, -0.15) is 0 Å². The molecule has 3 N–H and O–H groups in total. The number of thiophene rings is 1. The summed E-state index contributed by atoms with van der Waals surface area (Å²) < 4.78 is 40.2. The molecule has 108 valence electrons. The molecule has 1 heterocycles. The van der Waals surface area contributed by atoms with Crippen LogP contribution in [-0.4, -0.2) is 8.42 Å². The Morgan fingerprint density at radius 3 is 2.75 bits per heavy atom. The maximum absolute atomic E-state index is 13.2. The van der Waals surface area contributed by atoms with Crippen molar-refractivity contribution in [3.05, 3.63) is 45.4 Å². The van der Waals surface area contributed by atoms with Gasteiger partial charge in [0.05, 0.1) is 16.8 Å². The zero-order valence-corrected chi connectivity index (χ0v) is 12.8. The quantitative estimate of drug-likeness (QED) is 0.843. The fraction of sp³-hybridized carbons (Fsp3) is 0.167. The Labute approximate surface area is 125 Å². The van der Waals surface area contributed by atoms with Crippen LogP contribution in [0.4, 0.5) is 10.1 Å². The molecule has 0 saturated heterocycles. The first-order valence-electron chi connectivity index (χ1n) is 5.61. The highest BCUT2D eigenvalue weighted by atomic mass is 35.5. The van der Waals surface area contributed by atoms with Crippen LogP contribution >= 0.6 is 22.9 Å². The smallest absolute Gasteiger partial charge is 0.242 e. The van der Waals surface area contributed by atoms with E-state index in [4.69, 9.17) is 17.3 Å². The molecule has 1 aromatic carbocycles. The summed E-state index contributed by atoms with van der Waals surface area (Å²) in [6.45, 7) is 1.71. The minimum absolute atomic E-state index is 0.206. The average molecular weight is 335 g/mol. The van der Waals surface area contributed by atoms with Crippen molar-refractivity contribution in [2.75, 3.05) is 5.73 Å². The highest BCUT2D eigenvalue weighted by Gasteiger charge is 2.23. The van der Waals surface area contributed by atoms with Gasteiger partial charge in [-0.1, -0.05) is 17.7 Å². The number of nitrogens with one attached hydrogen (secondary N) is 1. The van der Waals surface area contributed by atoms with E-state index in [-0.39, 0.29) is 15.6 Å². The molecule has 1 unspecified atom stereocenters. The van der Waals surface area contributed by atoms with Crippen molar-refractivity contribution < 1.29 is 12.8 Å². The van der Waals surface area contributed by atoms with Gasteiger partial charge in [0, 0.05) is 4.88 Å². The topological polar surface area (TPSA) is 72.2 Å². The molecule has 0 radical (unpaired) electrons. The van der Waals surface area contributed by atoms with E-state index in [1.807, 2.05) is 17.5 Å². The van der Waals surface area contributed by atoms with Crippen molar-refractivity contribution in [1.29, 1.82) is 0 Å². The molecule has 2 rings (SSSR count). The number of sulfonamides is 1. The van der Waals surface area contributed by atoms with Crippen LogP contribution in [0.1, 0.15) is 17.8 Å². The first-order valence-corrected chi connectivity index (χ1v) is 8.35. The third-order valence-electron chi connectivity index (χ3n) is 2.64. The van der Waals surface area contributed by atoms with E-state index in [1.54, 1.807) is 6.92 Å². The molecule has 0 saturated carbocycles. The summed E-state index contributed by atoms with van der Waals surface area (Å²) in [5, 5.41) is 1.64. The third kappa shape index (κ3) is 3.12. The average Bonchev–Trinajstić information content (AvgIpc) is 2.86. The number of nitrogens with two attached hydrogens (primary N) is 1. The lowest BCUT2D eigenvalue weighted by Crippen LogP contribution is -2.26. The van der Waals surface area contributed by atoms with Crippen molar-refractivity contribution in [1.82, 2.24) is 4.72 Å². The molecule has 1 aromatic heterocycles. The van der Waals surface area contributed by atoms with E-state index < -0.39 is 21.9 Å². The Balaban J connectivity index is 2.34. The SMILES string of the molecule is CC(NS(=O)(=O)c1cc(N)c(F)cc1Cl)c1cccs1. The highest BCUT2D eigenvalue weighted by Crippen LogP contribution is 2.28. The number of hydrogen-bond acceptors (Lipinski definition) is 4. The largest absolute Gasteiger partial charge is 0.396 e. The van der Waals surface area contributed by atoms with Gasteiger partial charge < -0.3 is 5.73 Å². The van der Waals surface area contributed by atoms with Crippen LogP contribution in [0, 0.1) is 5.82 Å². The summed E-state index contributed by atoms with van der Waals surface area (Å²) in [5.74, 6) is -0.750. The Bertz CT molecular complexity index is 717. The number of hydrogen-bond donors (Lipinski definition) is 2. The molecule has 0 bridgehead atoms. The minimum Gasteiger partial charge on any atom is -0.396 e. The molecular formula is C12H12ClFN2O2S2. The molecule has 0 aliphatic carbocycles. The van der Waals surface area contributed by atoms with Gasteiger partial charge in [0.1, 0.15) is 10.7 Å². The van der Waals surface area contributed by atoms with Crippen LogP contribution < -0.4 is 10.5 Å². The fourth-order valence-electron chi connectivity index (χ4n) is 1.64. The number of halogens is 2. The Morgan fingerprint density at radius 2 is 2.15 bits per heavy atom. The van der Waals surface area contributed by atoms with Gasteiger partial charge in [0.2, 0.25) is 10.0 Å². The Kier molecular flexibility index (Phi) is 4.33. The molecule has 2 aromatic rings. The third-order valence-corrected chi connectivity index (χ3v) is 5.70. The van der Waals surface area contributed by atoms with Crippen LogP contribution in [0.15, 0.2) is 34.5 Å². The predicted molar refractivity (Wildman–Crippen MR) is 78.9 cm³/mol. The van der Waals surface area contributed by atoms with Crippen molar-refractivity contribution in [2.24, 2.45) is 0 Å². The van der Waals surface area contributed by atoms with Gasteiger partial charge in [-0.25, -0.2) is 17.5 Å². The first kappa shape index (κ1) is 15.2. The summed E-state index contributed by atoms with van der Waals surface area (Å²) in [7, 11) is -3.88. The van der Waals surface area contributed by atoms with Gasteiger partial charge in [0.25, 0.3) is 0 Å². The van der Waals surface area contributed by atoms with Crippen molar-refractivity contribution in [2.45, 2.75) is 17.9 Å². The van der Waals surface area contributed by atoms with Gasteiger partial charge in [-0.15, -0.1) is 11.3 Å². The van der Waals surface area contributed by atoms with Gasteiger partial charge in [-0.05, 0) is 30.5 Å². The first-order chi connectivity index (χ1) is 9.31. The van der Waals surface area contributed by atoms with E-state index in [9.17, 15) is 12.8 Å². The highest BCUT2D eigenvalue weighted by molar-refractivity contribution is 7.89. The zero-order chi connectivity index (χ0) is 14.9.